The summed E-state index contributed by atoms with van der Waals surface area (Å²) in [6.45, 7) is 4.38. The van der Waals surface area contributed by atoms with E-state index in [2.05, 4.69) is 53.2 Å². The van der Waals surface area contributed by atoms with Crippen LogP contribution in [0.25, 0.3) is 0 Å². The molecular weight excluding hydrogens is 684 g/mol. The summed E-state index contributed by atoms with van der Waals surface area (Å²) < 4.78 is 39.4. The maximum Gasteiger partial charge on any atom is 0.303 e. The van der Waals surface area contributed by atoms with Gasteiger partial charge in [-0.2, -0.15) is 0 Å². The van der Waals surface area contributed by atoms with Crippen molar-refractivity contribution < 1.29 is 38.3 Å². The Bertz CT molecular complexity index is 1100. The molecule has 1 N–H and O–H groups in total. The Labute approximate surface area is 293 Å². The smallest absolute Gasteiger partial charge is 0.303 e. The SMILES string of the molecule is Cc1cc(CCC(C=C[C@@H]2[C@@H](CC=CCCCC(=O)O)[C@@H](OC3CCCCO3)C[C@H]2OC2CCCCO2)OC2CCCCO2)sc1Br. The van der Waals surface area contributed by atoms with Crippen LogP contribution in [0, 0.1) is 18.8 Å². The summed E-state index contributed by atoms with van der Waals surface area (Å²) in [5, 5.41) is 9.05. The highest BCUT2D eigenvalue weighted by atomic mass is 79.9. The van der Waals surface area contributed by atoms with Gasteiger partial charge in [-0.15, -0.1) is 11.3 Å². The first kappa shape index (κ1) is 37.2. The van der Waals surface area contributed by atoms with Crippen LogP contribution in [0.3, 0.4) is 0 Å². The van der Waals surface area contributed by atoms with Crippen molar-refractivity contribution >= 4 is 33.2 Å². The first-order chi connectivity index (χ1) is 22.9. The fourth-order valence-electron chi connectivity index (χ4n) is 7.14. The Morgan fingerprint density at radius 2 is 1.64 bits per heavy atom. The minimum Gasteiger partial charge on any atom is -0.481 e. The van der Waals surface area contributed by atoms with Gasteiger partial charge in [-0.3, -0.25) is 4.79 Å². The van der Waals surface area contributed by atoms with E-state index < -0.39 is 5.97 Å². The number of unbranched alkanes of at least 4 members (excludes halogenated alkanes) is 1. The number of aryl methyl sites for hydroxylation is 2. The third kappa shape index (κ3) is 12.3. The van der Waals surface area contributed by atoms with Gasteiger partial charge in [0.2, 0.25) is 0 Å². The molecule has 3 aliphatic heterocycles. The van der Waals surface area contributed by atoms with Crippen LogP contribution in [-0.2, 0) is 39.6 Å². The number of thiophene rings is 1. The first-order valence-electron chi connectivity index (χ1n) is 18.1. The van der Waals surface area contributed by atoms with Crippen molar-refractivity contribution in [3.8, 4) is 0 Å². The summed E-state index contributed by atoms with van der Waals surface area (Å²) in [6.07, 6.45) is 22.6. The van der Waals surface area contributed by atoms with Gasteiger partial charge in [-0.25, -0.2) is 0 Å². The summed E-state index contributed by atoms with van der Waals surface area (Å²) >= 11 is 5.49. The van der Waals surface area contributed by atoms with Crippen molar-refractivity contribution in [1.82, 2.24) is 0 Å². The first-order valence-corrected chi connectivity index (χ1v) is 19.7. The maximum atomic E-state index is 11.0. The van der Waals surface area contributed by atoms with Gasteiger partial charge in [-0.05, 0) is 130 Å². The molecule has 1 saturated carbocycles. The van der Waals surface area contributed by atoms with Crippen LogP contribution in [0.15, 0.2) is 34.2 Å². The maximum absolute atomic E-state index is 11.0. The minimum atomic E-state index is -0.748. The second-order valence-corrected chi connectivity index (χ2v) is 15.9. The molecule has 5 rings (SSSR count). The number of aliphatic carboxylic acids is 1. The fraction of sp³-hybridized carbons (Fsp3) is 0.757. The van der Waals surface area contributed by atoms with Crippen LogP contribution in [-0.4, -0.2) is 68.1 Å². The predicted octanol–water partition coefficient (Wildman–Crippen LogP) is 8.88. The number of carboxylic acid groups (broad SMARTS) is 1. The highest BCUT2D eigenvalue weighted by Gasteiger charge is 2.45. The van der Waals surface area contributed by atoms with Gasteiger partial charge in [0.05, 0.1) is 22.1 Å². The Morgan fingerprint density at radius 1 is 0.979 bits per heavy atom. The van der Waals surface area contributed by atoms with Crippen molar-refractivity contribution in [2.24, 2.45) is 11.8 Å². The number of hydrogen-bond acceptors (Lipinski definition) is 8. The summed E-state index contributed by atoms with van der Waals surface area (Å²) in [7, 11) is 0. The summed E-state index contributed by atoms with van der Waals surface area (Å²) in [5.41, 5.74) is 1.27. The number of allylic oxidation sites excluding steroid dienone is 2. The molecule has 1 aromatic heterocycles. The molecule has 4 unspecified atom stereocenters. The molecule has 3 saturated heterocycles. The number of ether oxygens (including phenoxy) is 6. The zero-order chi connectivity index (χ0) is 32.8. The second-order valence-electron chi connectivity index (χ2n) is 13.5. The van der Waals surface area contributed by atoms with E-state index in [0.29, 0.717) is 6.42 Å². The third-order valence-electron chi connectivity index (χ3n) is 9.73. The van der Waals surface area contributed by atoms with Gasteiger partial charge < -0.3 is 33.5 Å². The van der Waals surface area contributed by atoms with Gasteiger partial charge >= 0.3 is 5.97 Å². The molecule has 4 fully saturated rings. The Kier molecular flexibility index (Phi) is 15.7. The molecule has 0 bridgehead atoms. The lowest BCUT2D eigenvalue weighted by Crippen LogP contribution is -2.31. The Balaban J connectivity index is 1.35. The molecule has 0 spiro atoms. The van der Waals surface area contributed by atoms with E-state index in [-0.39, 0.29) is 55.4 Å². The Hall–Kier alpha value is -1.11. The standard InChI is InChI=1S/C37H55BrO8S/c1-26-24-28(47-37(26)38)19-17-27(44-34-14-6-9-21-41-34)18-20-30-29(12-4-2-3-5-13-33(39)40)31(45-35-15-7-10-22-42-35)25-32(30)46-36-16-8-11-23-43-36/h2,4,18,20,24,27,29-32,34-36H,3,5-17,19,21-23,25H2,1H3,(H,39,40)/t27?,29-,30-,31+,32-,34?,35?,36?/m1/s1. The van der Waals surface area contributed by atoms with Crippen molar-refractivity contribution in [2.45, 2.75) is 147 Å². The molecule has 1 aromatic rings. The van der Waals surface area contributed by atoms with Crippen LogP contribution in [0.4, 0.5) is 0 Å². The molecule has 4 aliphatic rings. The zero-order valence-electron chi connectivity index (χ0n) is 28.0. The summed E-state index contributed by atoms with van der Waals surface area (Å²) in [4.78, 5) is 12.4. The van der Waals surface area contributed by atoms with Crippen molar-refractivity contribution in [3.63, 3.8) is 0 Å². The number of carboxylic acids is 1. The second kappa shape index (κ2) is 19.9. The average Bonchev–Trinajstić information content (AvgIpc) is 3.57. The lowest BCUT2D eigenvalue weighted by Gasteiger charge is -2.30. The van der Waals surface area contributed by atoms with Gasteiger partial charge in [-0.1, -0.05) is 24.3 Å². The van der Waals surface area contributed by atoms with Crippen molar-refractivity contribution in [3.05, 3.63) is 44.6 Å². The van der Waals surface area contributed by atoms with Crippen molar-refractivity contribution in [2.75, 3.05) is 19.8 Å². The number of hydrogen-bond donors (Lipinski definition) is 1. The normalized spacial score (nSPS) is 31.1. The lowest BCUT2D eigenvalue weighted by atomic mass is 9.89. The van der Waals surface area contributed by atoms with E-state index in [1.807, 2.05) is 0 Å². The van der Waals surface area contributed by atoms with Crippen LogP contribution >= 0.6 is 27.3 Å². The van der Waals surface area contributed by atoms with Crippen LogP contribution in [0.5, 0.6) is 0 Å². The van der Waals surface area contributed by atoms with E-state index in [1.165, 1.54) is 14.2 Å². The average molecular weight is 740 g/mol. The van der Waals surface area contributed by atoms with Crippen LogP contribution in [0.1, 0.15) is 107 Å². The summed E-state index contributed by atoms with van der Waals surface area (Å²) in [5.74, 6) is -0.458. The Morgan fingerprint density at radius 3 is 2.23 bits per heavy atom. The third-order valence-corrected chi connectivity index (χ3v) is 11.9. The van der Waals surface area contributed by atoms with Crippen molar-refractivity contribution in [1.29, 1.82) is 0 Å². The molecule has 8 atom stereocenters. The molecule has 1 aliphatic carbocycles. The zero-order valence-corrected chi connectivity index (χ0v) is 30.4. The van der Waals surface area contributed by atoms with Crippen LogP contribution in [0.2, 0.25) is 0 Å². The number of carbonyl (C=O) groups is 1. The van der Waals surface area contributed by atoms with E-state index in [0.717, 1.165) is 110 Å². The molecule has 8 nitrogen and oxygen atoms in total. The van der Waals surface area contributed by atoms with Crippen LogP contribution < -0.4 is 0 Å². The van der Waals surface area contributed by atoms with E-state index in [9.17, 15) is 4.79 Å². The van der Waals surface area contributed by atoms with Gasteiger partial charge in [0.1, 0.15) is 0 Å². The number of halogens is 1. The molecule has 10 heteroatoms. The van der Waals surface area contributed by atoms with E-state index in [1.54, 1.807) is 11.3 Å². The van der Waals surface area contributed by atoms with E-state index in [4.69, 9.17) is 33.5 Å². The molecule has 0 radical (unpaired) electrons. The highest BCUT2D eigenvalue weighted by Crippen LogP contribution is 2.42. The summed E-state index contributed by atoms with van der Waals surface area (Å²) in [6, 6.07) is 2.27. The molecule has 264 valence electrons. The van der Waals surface area contributed by atoms with Gasteiger partial charge in [0.15, 0.2) is 18.9 Å². The fourth-order valence-corrected chi connectivity index (χ4v) is 8.78. The molecule has 47 heavy (non-hydrogen) atoms. The number of rotatable bonds is 17. The monoisotopic (exact) mass is 738 g/mol. The molecule has 0 aromatic carbocycles. The lowest BCUT2D eigenvalue weighted by molar-refractivity contribution is -0.203. The molecule has 4 heterocycles. The van der Waals surface area contributed by atoms with E-state index >= 15 is 0 Å². The predicted molar refractivity (Wildman–Crippen MR) is 186 cm³/mol. The quantitative estimate of drug-likeness (QED) is 0.125. The topological polar surface area (TPSA) is 92.7 Å². The van der Waals surface area contributed by atoms with Gasteiger partial charge in [0.25, 0.3) is 0 Å². The minimum absolute atomic E-state index is 0.0162. The molecular formula is C37H55BrO8S. The highest BCUT2D eigenvalue weighted by molar-refractivity contribution is 9.11. The largest absolute Gasteiger partial charge is 0.481 e. The van der Waals surface area contributed by atoms with Gasteiger partial charge in [0, 0.05) is 43.5 Å². The molecule has 0 amide bonds.